The van der Waals surface area contributed by atoms with Gasteiger partial charge in [0.15, 0.2) is 0 Å². The van der Waals surface area contributed by atoms with E-state index in [0.29, 0.717) is 32.6 Å². The molecule has 5 rings (SSSR count). The van der Waals surface area contributed by atoms with Crippen molar-refractivity contribution < 1.29 is 14.4 Å². The number of hydrogen-bond acceptors (Lipinski definition) is 5. The van der Waals surface area contributed by atoms with Crippen LogP contribution in [0.4, 0.5) is 0 Å². The van der Waals surface area contributed by atoms with Crippen LogP contribution in [0, 0.1) is 5.92 Å². The van der Waals surface area contributed by atoms with Crippen molar-refractivity contribution in [1.29, 1.82) is 0 Å². The number of aromatic nitrogens is 3. The number of fused-ring (bicyclic) bond motifs is 2. The van der Waals surface area contributed by atoms with E-state index in [1.54, 1.807) is 0 Å². The van der Waals surface area contributed by atoms with Gasteiger partial charge in [0.2, 0.25) is 17.7 Å². The molecule has 9 heteroatoms. The van der Waals surface area contributed by atoms with Crippen molar-refractivity contribution in [3.8, 4) is 0 Å². The summed E-state index contributed by atoms with van der Waals surface area (Å²) >= 11 is 0. The minimum absolute atomic E-state index is 0.0221. The van der Waals surface area contributed by atoms with E-state index in [4.69, 9.17) is 0 Å². The van der Waals surface area contributed by atoms with Gasteiger partial charge in [0.25, 0.3) is 0 Å². The molecule has 0 spiro atoms. The summed E-state index contributed by atoms with van der Waals surface area (Å²) in [6, 6.07) is 13.6. The first-order valence-electron chi connectivity index (χ1n) is 10.8. The Morgan fingerprint density at radius 3 is 2.81 bits per heavy atom. The van der Waals surface area contributed by atoms with Crippen LogP contribution in [0.5, 0.6) is 0 Å². The molecule has 0 saturated carbocycles. The lowest BCUT2D eigenvalue weighted by Gasteiger charge is -2.35. The Hall–Kier alpha value is -3.75. The molecule has 0 aliphatic carbocycles. The van der Waals surface area contributed by atoms with Crippen LogP contribution in [0.15, 0.2) is 42.5 Å². The quantitative estimate of drug-likeness (QED) is 0.517. The van der Waals surface area contributed by atoms with Gasteiger partial charge in [-0.05, 0) is 35.2 Å². The van der Waals surface area contributed by atoms with Gasteiger partial charge in [0.05, 0.1) is 6.42 Å². The lowest BCUT2D eigenvalue weighted by molar-refractivity contribution is -0.133. The lowest BCUT2D eigenvalue weighted by Crippen LogP contribution is -2.44. The zero-order valence-corrected chi connectivity index (χ0v) is 17.5. The maximum absolute atomic E-state index is 13.1. The molecule has 3 aromatic rings. The molecule has 2 aromatic carbocycles. The fourth-order valence-electron chi connectivity index (χ4n) is 4.55. The van der Waals surface area contributed by atoms with Crippen LogP contribution in [0.1, 0.15) is 29.0 Å². The summed E-state index contributed by atoms with van der Waals surface area (Å²) in [7, 11) is 0. The molecular formula is C23H24N6O3. The van der Waals surface area contributed by atoms with Crippen molar-refractivity contribution in [1.82, 2.24) is 30.9 Å². The van der Waals surface area contributed by atoms with E-state index < -0.39 is 5.92 Å². The number of H-pyrrole nitrogens is 1. The smallest absolute Gasteiger partial charge is 0.232 e. The number of amides is 3. The Labute approximate surface area is 184 Å². The average molecular weight is 432 g/mol. The van der Waals surface area contributed by atoms with Gasteiger partial charge in [0.1, 0.15) is 17.0 Å². The average Bonchev–Trinajstić information content (AvgIpc) is 3.45. The number of rotatable bonds is 5. The first kappa shape index (κ1) is 20.2. The minimum atomic E-state index is -0.627. The third-order valence-corrected chi connectivity index (χ3v) is 6.27. The maximum Gasteiger partial charge on any atom is 0.232 e. The van der Waals surface area contributed by atoms with E-state index in [1.807, 2.05) is 41.3 Å². The monoisotopic (exact) mass is 432 g/mol. The van der Waals surface area contributed by atoms with Crippen LogP contribution >= 0.6 is 0 Å². The second-order valence-corrected chi connectivity index (χ2v) is 8.37. The number of nitrogens with zero attached hydrogens (tertiary/aromatic N) is 3. The van der Waals surface area contributed by atoms with Crippen LogP contribution in [0.25, 0.3) is 11.0 Å². The summed E-state index contributed by atoms with van der Waals surface area (Å²) in [4.78, 5) is 39.3. The number of carbonyl (C=O) groups excluding carboxylic acids is 3. The van der Waals surface area contributed by atoms with Gasteiger partial charge in [-0.3, -0.25) is 14.4 Å². The Balaban J connectivity index is 1.29. The first-order valence-corrected chi connectivity index (χ1v) is 10.8. The summed E-state index contributed by atoms with van der Waals surface area (Å²) < 4.78 is 0. The normalized spacial score (nSPS) is 20.1. The van der Waals surface area contributed by atoms with Crippen molar-refractivity contribution in [2.75, 3.05) is 19.6 Å². The van der Waals surface area contributed by atoms with Crippen molar-refractivity contribution in [2.45, 2.75) is 25.3 Å². The highest BCUT2D eigenvalue weighted by molar-refractivity contribution is 6.01. The Morgan fingerprint density at radius 1 is 1.12 bits per heavy atom. The summed E-state index contributed by atoms with van der Waals surface area (Å²) in [5, 5.41) is 16.4. The molecule has 1 saturated heterocycles. The van der Waals surface area contributed by atoms with Crippen molar-refractivity contribution in [3.05, 3.63) is 59.2 Å². The van der Waals surface area contributed by atoms with Crippen LogP contribution in [-0.2, 0) is 27.3 Å². The molecule has 3 amide bonds. The molecule has 0 radical (unpaired) electrons. The Bertz CT molecular complexity index is 1190. The van der Waals surface area contributed by atoms with E-state index in [0.717, 1.165) is 27.7 Å². The van der Waals surface area contributed by atoms with E-state index in [2.05, 4.69) is 32.1 Å². The highest BCUT2D eigenvalue weighted by Crippen LogP contribution is 2.28. The Kier molecular flexibility index (Phi) is 5.30. The fourth-order valence-corrected chi connectivity index (χ4v) is 4.55. The molecule has 9 nitrogen and oxygen atoms in total. The summed E-state index contributed by atoms with van der Waals surface area (Å²) in [6.45, 7) is 1.97. The van der Waals surface area contributed by atoms with Crippen molar-refractivity contribution in [2.24, 2.45) is 5.92 Å². The second-order valence-electron chi connectivity index (χ2n) is 8.37. The predicted octanol–water partition coefficient (Wildman–Crippen LogP) is 0.879. The molecule has 164 valence electrons. The number of nitrogens with one attached hydrogen (secondary N) is 3. The third kappa shape index (κ3) is 3.93. The molecule has 32 heavy (non-hydrogen) atoms. The van der Waals surface area contributed by atoms with Crippen LogP contribution < -0.4 is 10.6 Å². The lowest BCUT2D eigenvalue weighted by atomic mass is 9.89. The van der Waals surface area contributed by atoms with Gasteiger partial charge >= 0.3 is 0 Å². The van der Waals surface area contributed by atoms with Crippen LogP contribution in [0.3, 0.4) is 0 Å². The van der Waals surface area contributed by atoms with Gasteiger partial charge in [-0.2, -0.15) is 15.4 Å². The fraction of sp³-hybridized carbons (Fsp3) is 0.348. The molecule has 1 fully saturated rings. The molecule has 3 heterocycles. The zero-order valence-electron chi connectivity index (χ0n) is 17.5. The van der Waals surface area contributed by atoms with E-state index in [1.165, 1.54) is 0 Å². The molecular weight excluding hydrogens is 408 g/mol. The summed E-state index contributed by atoms with van der Waals surface area (Å²) in [6.07, 6.45) is 0.790. The first-order chi connectivity index (χ1) is 15.6. The highest BCUT2D eigenvalue weighted by Gasteiger charge is 2.33. The van der Waals surface area contributed by atoms with Gasteiger partial charge in [-0.1, -0.05) is 30.3 Å². The minimum Gasteiger partial charge on any atom is -0.355 e. The van der Waals surface area contributed by atoms with Gasteiger partial charge in [0, 0.05) is 32.1 Å². The highest BCUT2D eigenvalue weighted by atomic mass is 16.2. The second kappa shape index (κ2) is 8.41. The number of hydrogen-bond donors (Lipinski definition) is 3. The molecule has 2 unspecified atom stereocenters. The van der Waals surface area contributed by atoms with E-state index in [-0.39, 0.29) is 30.1 Å². The molecule has 2 aliphatic heterocycles. The number of benzene rings is 2. The molecule has 2 atom stereocenters. The Morgan fingerprint density at radius 2 is 1.97 bits per heavy atom. The van der Waals surface area contributed by atoms with E-state index >= 15 is 0 Å². The van der Waals surface area contributed by atoms with Crippen LogP contribution in [-0.4, -0.2) is 57.7 Å². The number of carbonyl (C=O) groups is 3. The standard InChI is InChI=1S/C23H24N6O3/c30-21(10-14-5-6-19-20(9-14)27-28-26-19)29-12-15-3-1-2-4-17(15)16(13-29)11-25-23(32)18-7-8-24-22(18)31/h1-6,9,16,18H,7-8,10-13H2,(H,24,31)(H,25,32)(H,26,27,28). The molecule has 1 aromatic heterocycles. The van der Waals surface area contributed by atoms with E-state index in [9.17, 15) is 14.4 Å². The zero-order chi connectivity index (χ0) is 22.1. The third-order valence-electron chi connectivity index (χ3n) is 6.27. The van der Waals surface area contributed by atoms with Gasteiger partial charge in [-0.15, -0.1) is 0 Å². The molecule has 0 bridgehead atoms. The van der Waals surface area contributed by atoms with Gasteiger partial charge < -0.3 is 15.5 Å². The molecule has 2 aliphatic rings. The maximum atomic E-state index is 13.1. The number of aromatic amines is 1. The topological polar surface area (TPSA) is 120 Å². The SMILES string of the molecule is O=C1NCCC1C(=O)NCC1CN(C(=O)Cc2ccc3n[nH]nc3c2)Cc2ccccc21. The predicted molar refractivity (Wildman–Crippen MR) is 116 cm³/mol. The van der Waals surface area contributed by atoms with Gasteiger partial charge in [-0.25, -0.2) is 0 Å². The van der Waals surface area contributed by atoms with Crippen molar-refractivity contribution in [3.63, 3.8) is 0 Å². The van der Waals surface area contributed by atoms with Crippen LogP contribution in [0.2, 0.25) is 0 Å². The van der Waals surface area contributed by atoms with Crippen molar-refractivity contribution >= 4 is 28.8 Å². The molecule has 3 N–H and O–H groups in total. The largest absolute Gasteiger partial charge is 0.355 e. The summed E-state index contributed by atoms with van der Waals surface area (Å²) in [5.74, 6) is -1.10. The summed E-state index contributed by atoms with van der Waals surface area (Å²) in [5.41, 5.74) is 4.59.